The van der Waals surface area contributed by atoms with Crippen molar-refractivity contribution in [1.82, 2.24) is 0 Å². The summed E-state index contributed by atoms with van der Waals surface area (Å²) in [5.41, 5.74) is 1.06. The third-order valence-corrected chi connectivity index (χ3v) is 3.89. The molecule has 0 N–H and O–H groups in total. The first kappa shape index (κ1) is 23.5. The largest absolute Gasteiger partial charge is 0.513 e. The minimum atomic E-state index is -0.923. The quantitative estimate of drug-likeness (QED) is 0.184. The van der Waals surface area contributed by atoms with Gasteiger partial charge in [0.1, 0.15) is 5.75 Å². The lowest BCUT2D eigenvalue weighted by Crippen LogP contribution is -2.13. The second kappa shape index (κ2) is 12.0. The van der Waals surface area contributed by atoms with Crippen LogP contribution in [0.2, 0.25) is 0 Å². The maximum atomic E-state index is 12.4. The van der Waals surface area contributed by atoms with Crippen LogP contribution >= 0.6 is 0 Å². The van der Waals surface area contributed by atoms with Gasteiger partial charge < -0.3 is 23.7 Å². The summed E-state index contributed by atoms with van der Waals surface area (Å²) in [5.74, 6) is -0.440. The molecule has 2 aromatic rings. The molecule has 0 atom stereocenters. The van der Waals surface area contributed by atoms with E-state index in [4.69, 9.17) is 23.7 Å². The van der Waals surface area contributed by atoms with Gasteiger partial charge in [-0.2, -0.15) is 0 Å². The van der Waals surface area contributed by atoms with Crippen LogP contribution < -0.4 is 14.2 Å². The third kappa shape index (κ3) is 7.85. The number of rotatable bonds is 10. The molecule has 2 aromatic carbocycles. The number of hydrogen-bond acceptors (Lipinski definition) is 8. The number of aryl methyl sites for hydroxylation is 1. The SMILES string of the molecule is C=CC(=O)OCCCCOC(=O)Oc1ccc(C(=O)Oc2cc[c]c(C)c2)cc1OC. The zero-order valence-electron chi connectivity index (χ0n) is 17.3. The fraction of sp³-hybridized carbons (Fsp3) is 0.261. The van der Waals surface area contributed by atoms with Crippen LogP contribution in [0.4, 0.5) is 4.79 Å². The number of esters is 2. The topological polar surface area (TPSA) is 97.4 Å². The van der Waals surface area contributed by atoms with E-state index in [0.29, 0.717) is 18.6 Å². The van der Waals surface area contributed by atoms with E-state index in [1.807, 2.05) is 6.92 Å². The Hall–Kier alpha value is -3.81. The van der Waals surface area contributed by atoms with E-state index in [2.05, 4.69) is 12.6 Å². The predicted octanol–water partition coefficient (Wildman–Crippen LogP) is 4.05. The predicted molar refractivity (Wildman–Crippen MR) is 110 cm³/mol. The Morgan fingerprint density at radius 3 is 2.42 bits per heavy atom. The first-order valence-corrected chi connectivity index (χ1v) is 9.45. The monoisotopic (exact) mass is 427 g/mol. The Morgan fingerprint density at radius 1 is 1.00 bits per heavy atom. The summed E-state index contributed by atoms with van der Waals surface area (Å²) in [6.07, 6.45) is 1.16. The number of benzene rings is 2. The van der Waals surface area contributed by atoms with Gasteiger partial charge in [-0.15, -0.1) is 0 Å². The van der Waals surface area contributed by atoms with Crippen LogP contribution in [-0.4, -0.2) is 38.4 Å². The van der Waals surface area contributed by atoms with Gasteiger partial charge in [-0.25, -0.2) is 14.4 Å². The number of methoxy groups -OCH3 is 1. The Balaban J connectivity index is 1.86. The van der Waals surface area contributed by atoms with Crippen molar-refractivity contribution < 1.29 is 38.1 Å². The van der Waals surface area contributed by atoms with Crippen LogP contribution in [0.3, 0.4) is 0 Å². The molecule has 0 aromatic heterocycles. The highest BCUT2D eigenvalue weighted by molar-refractivity contribution is 5.92. The summed E-state index contributed by atoms with van der Waals surface area (Å²) in [6, 6.07) is 12.2. The highest BCUT2D eigenvalue weighted by Gasteiger charge is 2.16. The molecule has 1 radical (unpaired) electrons. The lowest BCUT2D eigenvalue weighted by Gasteiger charge is -2.11. The lowest BCUT2D eigenvalue weighted by molar-refractivity contribution is -0.137. The van der Waals surface area contributed by atoms with E-state index in [1.54, 1.807) is 18.2 Å². The maximum Gasteiger partial charge on any atom is 0.513 e. The molecule has 0 aliphatic rings. The van der Waals surface area contributed by atoms with Gasteiger partial charge in [-0.1, -0.05) is 12.6 Å². The molecule has 0 unspecified atom stereocenters. The molecule has 8 heteroatoms. The van der Waals surface area contributed by atoms with E-state index in [9.17, 15) is 14.4 Å². The Labute approximate surface area is 180 Å². The second-order valence-electron chi connectivity index (χ2n) is 6.24. The summed E-state index contributed by atoms with van der Waals surface area (Å²) in [4.78, 5) is 35.1. The Kier molecular flexibility index (Phi) is 9.10. The number of ether oxygens (including phenoxy) is 5. The maximum absolute atomic E-state index is 12.4. The lowest BCUT2D eigenvalue weighted by atomic mass is 10.2. The molecule has 0 aliphatic heterocycles. The molecule has 0 amide bonds. The molecule has 163 valence electrons. The molecule has 0 heterocycles. The molecule has 0 saturated carbocycles. The van der Waals surface area contributed by atoms with Crippen LogP contribution in [-0.2, 0) is 14.3 Å². The molecule has 0 fully saturated rings. The van der Waals surface area contributed by atoms with E-state index in [1.165, 1.54) is 25.3 Å². The van der Waals surface area contributed by atoms with Gasteiger partial charge in [0.25, 0.3) is 0 Å². The standard InChI is InChI=1S/C23H23O8/c1-4-21(24)28-12-5-6-13-29-23(26)31-19-11-10-17(15-20(19)27-3)22(25)30-18-9-7-8-16(2)14-18/h4,7,9-11,14-15H,1,5-6,12-13H2,2-3H3. The molecule has 0 spiro atoms. The number of unbranched alkanes of at least 4 members (excludes halogenated alkanes) is 1. The number of carbonyl (C=O) groups is 3. The fourth-order valence-electron chi connectivity index (χ4n) is 2.38. The zero-order chi connectivity index (χ0) is 22.6. The smallest absolute Gasteiger partial charge is 0.493 e. The van der Waals surface area contributed by atoms with Crippen molar-refractivity contribution in [2.24, 2.45) is 0 Å². The number of carbonyl (C=O) groups excluding carboxylic acids is 3. The van der Waals surface area contributed by atoms with E-state index in [0.717, 1.165) is 11.6 Å². The normalized spacial score (nSPS) is 10.0. The van der Waals surface area contributed by atoms with Crippen LogP contribution in [0.1, 0.15) is 28.8 Å². The fourth-order valence-corrected chi connectivity index (χ4v) is 2.38. The van der Waals surface area contributed by atoms with E-state index >= 15 is 0 Å². The summed E-state index contributed by atoms with van der Waals surface area (Å²) in [6.45, 7) is 5.42. The second-order valence-corrected chi connectivity index (χ2v) is 6.24. The van der Waals surface area contributed by atoms with Crippen molar-refractivity contribution in [3.05, 3.63) is 66.2 Å². The number of hydrogen-bond donors (Lipinski definition) is 0. The zero-order valence-corrected chi connectivity index (χ0v) is 17.3. The molecule has 2 rings (SSSR count). The molecule has 8 nitrogen and oxygen atoms in total. The van der Waals surface area contributed by atoms with Gasteiger partial charge in [-0.3, -0.25) is 0 Å². The van der Waals surface area contributed by atoms with Crippen molar-refractivity contribution in [1.29, 1.82) is 0 Å². The van der Waals surface area contributed by atoms with Crippen LogP contribution in [0.15, 0.2) is 49.1 Å². The van der Waals surface area contributed by atoms with Crippen molar-refractivity contribution in [3.63, 3.8) is 0 Å². The first-order chi connectivity index (χ1) is 14.9. The summed E-state index contributed by atoms with van der Waals surface area (Å²) in [7, 11) is 1.38. The minimum Gasteiger partial charge on any atom is -0.493 e. The van der Waals surface area contributed by atoms with Crippen LogP contribution in [0, 0.1) is 13.0 Å². The molecular formula is C23H23O8. The third-order valence-electron chi connectivity index (χ3n) is 3.89. The minimum absolute atomic E-state index is 0.0884. The molecule has 0 bridgehead atoms. The van der Waals surface area contributed by atoms with Gasteiger partial charge in [0.2, 0.25) is 0 Å². The van der Waals surface area contributed by atoms with Crippen molar-refractivity contribution in [3.8, 4) is 17.2 Å². The van der Waals surface area contributed by atoms with E-state index < -0.39 is 18.1 Å². The molecular weight excluding hydrogens is 404 g/mol. The van der Waals surface area contributed by atoms with Crippen molar-refractivity contribution >= 4 is 18.1 Å². The van der Waals surface area contributed by atoms with Gasteiger partial charge in [0, 0.05) is 6.08 Å². The van der Waals surface area contributed by atoms with Gasteiger partial charge >= 0.3 is 18.1 Å². The molecule has 0 saturated heterocycles. The average Bonchev–Trinajstić information content (AvgIpc) is 2.76. The van der Waals surface area contributed by atoms with E-state index in [-0.39, 0.29) is 30.3 Å². The highest BCUT2D eigenvalue weighted by Crippen LogP contribution is 2.29. The Morgan fingerprint density at radius 2 is 1.74 bits per heavy atom. The van der Waals surface area contributed by atoms with Crippen molar-refractivity contribution in [2.45, 2.75) is 19.8 Å². The molecule has 0 aliphatic carbocycles. The first-order valence-electron chi connectivity index (χ1n) is 9.45. The summed E-state index contributed by atoms with van der Waals surface area (Å²) < 4.78 is 25.4. The van der Waals surface area contributed by atoms with Gasteiger partial charge in [0.15, 0.2) is 11.5 Å². The Bertz CT molecular complexity index is 935. The van der Waals surface area contributed by atoms with Crippen molar-refractivity contribution in [2.75, 3.05) is 20.3 Å². The van der Waals surface area contributed by atoms with Gasteiger partial charge in [0.05, 0.1) is 25.9 Å². The van der Waals surface area contributed by atoms with Crippen LogP contribution in [0.5, 0.6) is 17.2 Å². The summed E-state index contributed by atoms with van der Waals surface area (Å²) >= 11 is 0. The van der Waals surface area contributed by atoms with Gasteiger partial charge in [-0.05, 0) is 61.7 Å². The average molecular weight is 427 g/mol. The molecule has 31 heavy (non-hydrogen) atoms. The highest BCUT2D eigenvalue weighted by atomic mass is 16.7. The van der Waals surface area contributed by atoms with Crippen LogP contribution in [0.25, 0.3) is 0 Å². The summed E-state index contributed by atoms with van der Waals surface area (Å²) in [5, 5.41) is 0.